The number of halogens is 2. The highest BCUT2D eigenvalue weighted by Gasteiger charge is 2.03. The van der Waals surface area contributed by atoms with Gasteiger partial charge in [-0.15, -0.1) is 11.8 Å². The average molecular weight is 398 g/mol. The number of carbonyl (C=O) groups excluding carboxylic acids is 1. The van der Waals surface area contributed by atoms with E-state index < -0.39 is 0 Å². The van der Waals surface area contributed by atoms with Gasteiger partial charge in [-0.05, 0) is 29.3 Å². The van der Waals surface area contributed by atoms with Gasteiger partial charge in [-0.1, -0.05) is 57.9 Å². The molecule has 0 heterocycles. The predicted molar refractivity (Wildman–Crippen MR) is 97.5 cm³/mol. The molecule has 0 aliphatic carbocycles. The maximum atomic E-state index is 11.7. The maximum absolute atomic E-state index is 11.7. The van der Waals surface area contributed by atoms with Crippen LogP contribution in [0.4, 0.5) is 0 Å². The van der Waals surface area contributed by atoms with E-state index in [4.69, 9.17) is 11.6 Å². The van der Waals surface area contributed by atoms with Gasteiger partial charge in [0.1, 0.15) is 0 Å². The van der Waals surface area contributed by atoms with E-state index in [1.165, 1.54) is 11.8 Å². The molecule has 0 spiro atoms. The third kappa shape index (κ3) is 5.83. The molecule has 22 heavy (non-hydrogen) atoms. The molecule has 1 amide bonds. The lowest BCUT2D eigenvalue weighted by Gasteiger charge is -2.03. The molecule has 0 saturated heterocycles. The third-order valence-corrected chi connectivity index (χ3v) is 4.54. The van der Waals surface area contributed by atoms with Gasteiger partial charge in [0.25, 0.3) is 0 Å². The molecule has 0 fully saturated rings. The van der Waals surface area contributed by atoms with E-state index in [0.29, 0.717) is 11.5 Å². The van der Waals surface area contributed by atoms with Gasteiger partial charge in [-0.2, -0.15) is 5.10 Å². The predicted octanol–water partition coefficient (Wildman–Crippen LogP) is 4.49. The molecule has 1 N–H and O–H groups in total. The zero-order chi connectivity index (χ0) is 15.8. The normalized spacial score (nSPS) is 10.8. The van der Waals surface area contributed by atoms with Crippen LogP contribution in [0.3, 0.4) is 0 Å². The summed E-state index contributed by atoms with van der Waals surface area (Å²) in [6.07, 6.45) is 1.61. The van der Waals surface area contributed by atoms with E-state index in [9.17, 15) is 4.79 Å². The van der Waals surface area contributed by atoms with Crippen LogP contribution < -0.4 is 5.43 Å². The Morgan fingerprint density at radius 3 is 2.86 bits per heavy atom. The largest absolute Gasteiger partial charge is 0.272 e. The number of thioether (sulfide) groups is 1. The number of nitrogens with one attached hydrogen (secondary N) is 1. The zero-order valence-corrected chi connectivity index (χ0v) is 14.8. The first-order valence-corrected chi connectivity index (χ1v) is 8.86. The molecule has 2 aromatic rings. The topological polar surface area (TPSA) is 41.5 Å². The first-order valence-electron chi connectivity index (χ1n) is 6.54. The van der Waals surface area contributed by atoms with E-state index >= 15 is 0 Å². The number of rotatable bonds is 6. The third-order valence-electron chi connectivity index (χ3n) is 2.70. The van der Waals surface area contributed by atoms with Gasteiger partial charge < -0.3 is 0 Å². The summed E-state index contributed by atoms with van der Waals surface area (Å²) >= 11 is 10.9. The van der Waals surface area contributed by atoms with Crippen LogP contribution >= 0.6 is 39.3 Å². The van der Waals surface area contributed by atoms with Gasteiger partial charge in [0.2, 0.25) is 5.91 Å². The Labute approximate surface area is 147 Å². The number of carbonyl (C=O) groups is 1. The molecule has 0 saturated carbocycles. The van der Waals surface area contributed by atoms with Crippen LogP contribution in [0.2, 0.25) is 5.02 Å². The second-order valence-corrected chi connectivity index (χ2v) is 6.74. The zero-order valence-electron chi connectivity index (χ0n) is 11.6. The summed E-state index contributed by atoms with van der Waals surface area (Å²) in [5, 5.41) is 4.67. The smallest absolute Gasteiger partial charge is 0.250 e. The molecule has 0 atom stereocenters. The fourth-order valence-corrected chi connectivity index (χ4v) is 3.19. The molecule has 6 heteroatoms. The minimum absolute atomic E-state index is 0.136. The Bertz CT molecular complexity index is 679. The Balaban J connectivity index is 1.73. The van der Waals surface area contributed by atoms with Gasteiger partial charge in [-0.25, -0.2) is 5.43 Å². The SMILES string of the molecule is O=C(CSCc1ccccc1Cl)NN=Cc1cccc(Br)c1. The number of nitrogens with zero attached hydrogens (tertiary/aromatic N) is 1. The standard InChI is InChI=1S/C16H14BrClN2OS/c17-14-6-3-4-12(8-14)9-19-20-16(21)11-22-10-13-5-1-2-7-15(13)18/h1-9H,10-11H2,(H,20,21). The van der Waals surface area contributed by atoms with Crippen molar-refractivity contribution < 1.29 is 4.79 Å². The first kappa shape index (κ1) is 17.1. The summed E-state index contributed by atoms with van der Waals surface area (Å²) in [4.78, 5) is 11.7. The van der Waals surface area contributed by atoms with E-state index in [2.05, 4.69) is 26.5 Å². The Kier molecular flexibility index (Phi) is 6.96. The van der Waals surface area contributed by atoms with E-state index in [1.54, 1.807) is 6.21 Å². The van der Waals surface area contributed by atoms with Gasteiger partial charge >= 0.3 is 0 Å². The van der Waals surface area contributed by atoms with E-state index in [0.717, 1.165) is 20.6 Å². The first-order chi connectivity index (χ1) is 10.6. The lowest BCUT2D eigenvalue weighted by molar-refractivity contribution is -0.118. The van der Waals surface area contributed by atoms with E-state index in [-0.39, 0.29) is 5.91 Å². The maximum Gasteiger partial charge on any atom is 0.250 e. The Morgan fingerprint density at radius 2 is 2.09 bits per heavy atom. The molecule has 0 aromatic heterocycles. The number of hydrogen-bond acceptors (Lipinski definition) is 3. The molecule has 0 unspecified atom stereocenters. The summed E-state index contributed by atoms with van der Waals surface area (Å²) in [5.41, 5.74) is 4.46. The van der Waals surface area contributed by atoms with Crippen molar-refractivity contribution in [3.63, 3.8) is 0 Å². The monoisotopic (exact) mass is 396 g/mol. The van der Waals surface area contributed by atoms with Gasteiger partial charge in [0.05, 0.1) is 12.0 Å². The molecule has 2 aromatic carbocycles. The van der Waals surface area contributed by atoms with Crippen molar-refractivity contribution in [1.29, 1.82) is 0 Å². The Morgan fingerprint density at radius 1 is 1.27 bits per heavy atom. The molecule has 0 aliphatic rings. The fraction of sp³-hybridized carbons (Fsp3) is 0.125. The van der Waals surface area contributed by atoms with Crippen molar-refractivity contribution in [2.24, 2.45) is 5.10 Å². The van der Waals surface area contributed by atoms with E-state index in [1.807, 2.05) is 48.5 Å². The fourth-order valence-electron chi connectivity index (χ4n) is 1.67. The molecular formula is C16H14BrClN2OS. The van der Waals surface area contributed by atoms with Crippen molar-refractivity contribution in [2.75, 3.05) is 5.75 Å². The van der Waals surface area contributed by atoms with Crippen molar-refractivity contribution >= 4 is 51.4 Å². The molecule has 0 bridgehead atoms. The number of hydrazone groups is 1. The second-order valence-electron chi connectivity index (χ2n) is 4.43. The second kappa shape index (κ2) is 8.98. The molecule has 2 rings (SSSR count). The minimum atomic E-state index is -0.136. The molecule has 0 radical (unpaired) electrons. The van der Waals surface area contributed by atoms with Crippen LogP contribution in [0.15, 0.2) is 58.1 Å². The van der Waals surface area contributed by atoms with Crippen LogP contribution in [-0.4, -0.2) is 17.9 Å². The van der Waals surface area contributed by atoms with Gasteiger partial charge in [0.15, 0.2) is 0 Å². The summed E-state index contributed by atoms with van der Waals surface area (Å²) in [6.45, 7) is 0. The average Bonchev–Trinajstić information content (AvgIpc) is 2.49. The van der Waals surface area contributed by atoms with Gasteiger partial charge in [-0.3, -0.25) is 4.79 Å². The summed E-state index contributed by atoms with van der Waals surface area (Å²) < 4.78 is 0.970. The molecule has 114 valence electrons. The van der Waals surface area contributed by atoms with Crippen molar-refractivity contribution in [3.8, 4) is 0 Å². The molecule has 3 nitrogen and oxygen atoms in total. The number of benzene rings is 2. The molecule has 0 aliphatic heterocycles. The Hall–Kier alpha value is -1.30. The van der Waals surface area contributed by atoms with Crippen LogP contribution in [0.25, 0.3) is 0 Å². The number of hydrogen-bond donors (Lipinski definition) is 1. The number of amides is 1. The van der Waals surface area contributed by atoms with Crippen LogP contribution in [0.1, 0.15) is 11.1 Å². The van der Waals surface area contributed by atoms with Gasteiger partial charge in [0, 0.05) is 15.2 Å². The minimum Gasteiger partial charge on any atom is -0.272 e. The van der Waals surface area contributed by atoms with Crippen molar-refractivity contribution in [3.05, 3.63) is 69.2 Å². The van der Waals surface area contributed by atoms with Crippen molar-refractivity contribution in [2.45, 2.75) is 5.75 Å². The van der Waals surface area contributed by atoms with Crippen LogP contribution in [-0.2, 0) is 10.5 Å². The van der Waals surface area contributed by atoms with Crippen LogP contribution in [0, 0.1) is 0 Å². The van der Waals surface area contributed by atoms with Crippen LogP contribution in [0.5, 0.6) is 0 Å². The highest BCUT2D eigenvalue weighted by molar-refractivity contribution is 9.10. The highest BCUT2D eigenvalue weighted by atomic mass is 79.9. The quantitative estimate of drug-likeness (QED) is 0.576. The molecular weight excluding hydrogens is 384 g/mol. The highest BCUT2D eigenvalue weighted by Crippen LogP contribution is 2.20. The van der Waals surface area contributed by atoms with Crippen molar-refractivity contribution in [1.82, 2.24) is 5.43 Å². The summed E-state index contributed by atoms with van der Waals surface area (Å²) in [5.74, 6) is 0.895. The lowest BCUT2D eigenvalue weighted by Crippen LogP contribution is -2.19. The lowest BCUT2D eigenvalue weighted by atomic mass is 10.2. The summed E-state index contributed by atoms with van der Waals surface area (Å²) in [7, 11) is 0. The summed E-state index contributed by atoms with van der Waals surface area (Å²) in [6, 6.07) is 15.3.